The van der Waals surface area contributed by atoms with E-state index >= 15 is 0 Å². The summed E-state index contributed by atoms with van der Waals surface area (Å²) < 4.78 is 32.6. The Morgan fingerprint density at radius 2 is 0.919 bits per heavy atom. The zero-order valence-electron chi connectivity index (χ0n) is 20.1. The van der Waals surface area contributed by atoms with Gasteiger partial charge in [0.25, 0.3) is 0 Å². The first-order valence-corrected chi connectivity index (χ1v) is 12.1. The first-order chi connectivity index (χ1) is 17.6. The average Bonchev–Trinajstić information content (AvgIpc) is 2.90. The molecule has 0 aromatic carbocycles. The minimum Gasteiger partial charge on any atom is -0.394 e. The minimum absolute atomic E-state index is 0.211. The van der Waals surface area contributed by atoms with E-state index in [-0.39, 0.29) is 6.61 Å². The molecular weight excluding hydrogens is 508 g/mol. The van der Waals surface area contributed by atoms with Crippen LogP contribution < -0.4 is 0 Å². The molecule has 3 heterocycles. The maximum Gasteiger partial charge on any atom is 0.187 e. The van der Waals surface area contributed by atoms with Crippen molar-refractivity contribution in [3.05, 3.63) is 0 Å². The van der Waals surface area contributed by atoms with Crippen molar-refractivity contribution in [1.82, 2.24) is 0 Å². The maximum absolute atomic E-state index is 10.7. The van der Waals surface area contributed by atoms with Gasteiger partial charge >= 0.3 is 0 Å². The normalized spacial score (nSPS) is 49.2. The summed E-state index contributed by atoms with van der Waals surface area (Å²) in [7, 11) is 0. The van der Waals surface area contributed by atoms with Crippen LogP contribution in [0.15, 0.2) is 0 Å². The predicted octanol–water partition coefficient (Wildman–Crippen LogP) is -6.14. The van der Waals surface area contributed by atoms with Crippen LogP contribution in [0.1, 0.15) is 13.3 Å². The lowest BCUT2D eigenvalue weighted by atomic mass is 9.96. The molecule has 0 bridgehead atoms. The van der Waals surface area contributed by atoms with E-state index in [9.17, 15) is 51.1 Å². The molecule has 0 spiro atoms. The highest BCUT2D eigenvalue weighted by atomic mass is 16.8. The van der Waals surface area contributed by atoms with Crippen molar-refractivity contribution in [3.8, 4) is 0 Å². The van der Waals surface area contributed by atoms with Crippen molar-refractivity contribution in [3.63, 3.8) is 0 Å². The van der Waals surface area contributed by atoms with Crippen molar-refractivity contribution >= 4 is 0 Å². The second kappa shape index (κ2) is 13.6. The molecule has 16 nitrogen and oxygen atoms in total. The summed E-state index contributed by atoms with van der Waals surface area (Å²) >= 11 is 0. The zero-order valence-corrected chi connectivity index (χ0v) is 20.1. The van der Waals surface area contributed by atoms with Gasteiger partial charge in [-0.15, -0.1) is 0 Å². The largest absolute Gasteiger partial charge is 0.394 e. The SMILES string of the molecule is CCCO[C@@H]1OC(CO)[C@@H](O[C@@H]2OC(CO)[C@H](O[C@H]3OC(CO)[C@H](O)C(O)C3O)C(O)C2O)C(O)C1O. The Kier molecular flexibility index (Phi) is 11.4. The Labute approximate surface area is 212 Å². The van der Waals surface area contributed by atoms with Gasteiger partial charge in [0, 0.05) is 6.61 Å². The molecule has 3 fully saturated rings. The standard InChI is InChI=1S/C21H38O16/c1-2-3-32-19-15(30)12(27)17(8(5-23)34-19)37-21-16(31)13(28)18(9(6-24)35-21)36-20-14(29)11(26)10(25)7(4-22)33-20/h7-31H,2-6H2,1H3/t7?,8?,9?,10-,11?,12?,13?,14?,15?,16?,17+,18-,19+,20+,21-/m0/s1. The molecule has 10 N–H and O–H groups in total. The first-order valence-electron chi connectivity index (χ1n) is 12.1. The second-order valence-corrected chi connectivity index (χ2v) is 9.18. The molecule has 0 radical (unpaired) electrons. The van der Waals surface area contributed by atoms with E-state index in [0.717, 1.165) is 0 Å². The van der Waals surface area contributed by atoms with Crippen LogP contribution in [0.5, 0.6) is 0 Å². The number of hydrogen-bond acceptors (Lipinski definition) is 16. The van der Waals surface area contributed by atoms with Crippen LogP contribution in [-0.4, -0.2) is 170 Å². The third kappa shape index (κ3) is 6.58. The fraction of sp³-hybridized carbons (Fsp3) is 1.00. The molecule has 218 valence electrons. The molecule has 37 heavy (non-hydrogen) atoms. The highest BCUT2D eigenvalue weighted by Gasteiger charge is 2.53. The summed E-state index contributed by atoms with van der Waals surface area (Å²) in [5.41, 5.74) is 0. The molecule has 0 aromatic heterocycles. The van der Waals surface area contributed by atoms with Gasteiger partial charge in [0.2, 0.25) is 0 Å². The lowest BCUT2D eigenvalue weighted by Crippen LogP contribution is -2.66. The van der Waals surface area contributed by atoms with E-state index in [1.165, 1.54) is 0 Å². The molecule has 3 rings (SSSR count). The topological polar surface area (TPSA) is 258 Å². The molecule has 3 aliphatic rings. The Balaban J connectivity index is 1.70. The molecule has 0 amide bonds. The number of ether oxygens (including phenoxy) is 6. The number of hydrogen-bond donors (Lipinski definition) is 10. The third-order valence-electron chi connectivity index (χ3n) is 6.56. The van der Waals surface area contributed by atoms with Crippen molar-refractivity contribution in [2.24, 2.45) is 0 Å². The van der Waals surface area contributed by atoms with Gasteiger partial charge in [-0.2, -0.15) is 0 Å². The summed E-state index contributed by atoms with van der Waals surface area (Å²) in [6, 6.07) is 0. The van der Waals surface area contributed by atoms with E-state index in [4.69, 9.17) is 28.4 Å². The fourth-order valence-electron chi connectivity index (χ4n) is 4.42. The molecular formula is C21H38O16. The van der Waals surface area contributed by atoms with Crippen LogP contribution in [0.25, 0.3) is 0 Å². The number of rotatable bonds is 10. The van der Waals surface area contributed by atoms with Crippen LogP contribution >= 0.6 is 0 Å². The zero-order chi connectivity index (χ0) is 27.4. The predicted molar refractivity (Wildman–Crippen MR) is 115 cm³/mol. The van der Waals surface area contributed by atoms with Crippen LogP contribution in [0.2, 0.25) is 0 Å². The Bertz CT molecular complexity index is 681. The van der Waals surface area contributed by atoms with E-state index < -0.39 is 112 Å². The molecule has 3 saturated heterocycles. The monoisotopic (exact) mass is 546 g/mol. The second-order valence-electron chi connectivity index (χ2n) is 9.18. The van der Waals surface area contributed by atoms with E-state index in [1.807, 2.05) is 6.92 Å². The highest BCUT2D eigenvalue weighted by Crippen LogP contribution is 2.32. The summed E-state index contributed by atoms with van der Waals surface area (Å²) in [5, 5.41) is 101. The van der Waals surface area contributed by atoms with Crippen molar-refractivity contribution < 1.29 is 79.5 Å². The van der Waals surface area contributed by atoms with Crippen molar-refractivity contribution in [2.75, 3.05) is 26.4 Å². The van der Waals surface area contributed by atoms with Crippen LogP contribution in [0, 0.1) is 0 Å². The van der Waals surface area contributed by atoms with E-state index in [2.05, 4.69) is 0 Å². The Morgan fingerprint density at radius 3 is 1.38 bits per heavy atom. The van der Waals surface area contributed by atoms with E-state index in [1.54, 1.807) is 0 Å². The van der Waals surface area contributed by atoms with Gasteiger partial charge in [0.15, 0.2) is 18.9 Å². The maximum atomic E-state index is 10.7. The van der Waals surface area contributed by atoms with Crippen LogP contribution in [0.4, 0.5) is 0 Å². The highest BCUT2D eigenvalue weighted by molar-refractivity contribution is 4.96. The van der Waals surface area contributed by atoms with Gasteiger partial charge in [-0.25, -0.2) is 0 Å². The van der Waals surface area contributed by atoms with Gasteiger partial charge in [0.1, 0.15) is 73.2 Å². The first kappa shape index (κ1) is 30.9. The Morgan fingerprint density at radius 1 is 0.514 bits per heavy atom. The lowest BCUT2D eigenvalue weighted by molar-refractivity contribution is -0.379. The van der Waals surface area contributed by atoms with E-state index in [0.29, 0.717) is 6.42 Å². The Hall–Kier alpha value is -0.640. The van der Waals surface area contributed by atoms with Crippen molar-refractivity contribution in [1.29, 1.82) is 0 Å². The third-order valence-corrected chi connectivity index (χ3v) is 6.56. The number of aliphatic hydroxyl groups is 10. The quantitative estimate of drug-likeness (QED) is 0.122. The van der Waals surface area contributed by atoms with Crippen molar-refractivity contribution in [2.45, 2.75) is 105 Å². The smallest absolute Gasteiger partial charge is 0.187 e. The summed E-state index contributed by atoms with van der Waals surface area (Å²) in [5.74, 6) is 0. The van der Waals surface area contributed by atoms with Crippen LogP contribution in [0.3, 0.4) is 0 Å². The summed E-state index contributed by atoms with van der Waals surface area (Å²) in [6.45, 7) is -0.167. The lowest BCUT2D eigenvalue weighted by Gasteiger charge is -2.48. The summed E-state index contributed by atoms with van der Waals surface area (Å²) in [4.78, 5) is 0. The fourth-order valence-corrected chi connectivity index (χ4v) is 4.42. The van der Waals surface area contributed by atoms with Gasteiger partial charge in [-0.05, 0) is 6.42 Å². The number of aliphatic hydroxyl groups excluding tert-OH is 10. The minimum atomic E-state index is -1.88. The summed E-state index contributed by atoms with van der Waals surface area (Å²) in [6.07, 6.45) is -23.2. The molecule has 0 aliphatic carbocycles. The molecule has 0 saturated carbocycles. The molecule has 15 atom stereocenters. The molecule has 0 aromatic rings. The average molecular weight is 547 g/mol. The van der Waals surface area contributed by atoms with Crippen LogP contribution in [-0.2, 0) is 28.4 Å². The molecule has 9 unspecified atom stereocenters. The molecule has 3 aliphatic heterocycles. The van der Waals surface area contributed by atoms with Gasteiger partial charge in [-0.3, -0.25) is 0 Å². The van der Waals surface area contributed by atoms with Gasteiger partial charge in [-0.1, -0.05) is 6.92 Å². The van der Waals surface area contributed by atoms with Gasteiger partial charge in [0.05, 0.1) is 19.8 Å². The molecule has 16 heteroatoms. The van der Waals surface area contributed by atoms with Gasteiger partial charge < -0.3 is 79.5 Å².